The number of anilines is 2. The zero-order valence-corrected chi connectivity index (χ0v) is 21.0. The lowest BCUT2D eigenvalue weighted by molar-refractivity contribution is 0.171. The minimum absolute atomic E-state index is 0.134. The molecule has 0 spiro atoms. The van der Waals surface area contributed by atoms with Crippen molar-refractivity contribution in [1.29, 1.82) is 0 Å². The molecule has 0 radical (unpaired) electrons. The summed E-state index contributed by atoms with van der Waals surface area (Å²) in [6.07, 6.45) is 7.22. The maximum Gasteiger partial charge on any atom is 0.326 e. The Hall–Kier alpha value is -3.91. The van der Waals surface area contributed by atoms with Gasteiger partial charge in [0.2, 0.25) is 0 Å². The normalized spacial score (nSPS) is 18.6. The third-order valence-corrected chi connectivity index (χ3v) is 7.72. The van der Waals surface area contributed by atoms with Crippen LogP contribution in [-0.2, 0) is 13.0 Å². The van der Waals surface area contributed by atoms with Gasteiger partial charge >= 0.3 is 6.03 Å². The summed E-state index contributed by atoms with van der Waals surface area (Å²) in [4.78, 5) is 24.6. The van der Waals surface area contributed by atoms with E-state index in [1.165, 1.54) is 0 Å². The number of nitrogens with one attached hydrogen (secondary N) is 2. The fourth-order valence-electron chi connectivity index (χ4n) is 5.33. The number of fused-ring (bicyclic) bond motifs is 2. The summed E-state index contributed by atoms with van der Waals surface area (Å²) < 4.78 is 6.42. The fraction of sp³-hybridized carbons (Fsp3) is 0.286. The van der Waals surface area contributed by atoms with Gasteiger partial charge in [-0.05, 0) is 68.0 Å². The molecule has 0 saturated heterocycles. The molecule has 3 aliphatic rings. The lowest BCUT2D eigenvalue weighted by Gasteiger charge is -2.33. The first-order valence-electron chi connectivity index (χ1n) is 12.6. The Morgan fingerprint density at radius 3 is 2.78 bits per heavy atom. The van der Waals surface area contributed by atoms with E-state index in [1.807, 2.05) is 43.3 Å². The second-order valence-corrected chi connectivity index (χ2v) is 10.3. The first kappa shape index (κ1) is 22.3. The third-order valence-electron chi connectivity index (χ3n) is 7.42. The lowest BCUT2D eigenvalue weighted by atomic mass is 9.97. The van der Waals surface area contributed by atoms with Crippen molar-refractivity contribution in [3.63, 3.8) is 0 Å². The maximum absolute atomic E-state index is 13.4. The highest BCUT2D eigenvalue weighted by Crippen LogP contribution is 2.46. The summed E-state index contributed by atoms with van der Waals surface area (Å²) in [6.45, 7) is 2.44. The molecule has 1 aromatic carbocycles. The van der Waals surface area contributed by atoms with E-state index in [0.29, 0.717) is 23.2 Å². The number of ether oxygens (including phenoxy) is 1. The van der Waals surface area contributed by atoms with Crippen LogP contribution in [0.1, 0.15) is 59.4 Å². The minimum atomic E-state index is -0.231. The number of rotatable bonds is 4. The van der Waals surface area contributed by atoms with Crippen LogP contribution in [0, 0.1) is 6.92 Å². The summed E-state index contributed by atoms with van der Waals surface area (Å²) in [5.74, 6) is 1.15. The SMILES string of the molecule is Cc1cccnc1C1CCc2cc(Cl)c(N3Cc4c(cc(-c5ccn[nH]5)nc4C4CC4)NC3=O)cc2O1. The van der Waals surface area contributed by atoms with Gasteiger partial charge in [0, 0.05) is 29.9 Å². The molecule has 1 fully saturated rings. The monoisotopic (exact) mass is 512 g/mol. The van der Waals surface area contributed by atoms with E-state index in [0.717, 1.165) is 76.6 Å². The Morgan fingerprint density at radius 2 is 2.00 bits per heavy atom. The van der Waals surface area contributed by atoms with Crippen molar-refractivity contribution in [2.75, 3.05) is 10.2 Å². The third kappa shape index (κ3) is 3.92. The minimum Gasteiger partial charge on any atom is -0.484 e. The maximum atomic E-state index is 13.4. The number of hydrogen-bond donors (Lipinski definition) is 2. The van der Waals surface area contributed by atoms with E-state index in [2.05, 4.69) is 20.5 Å². The fourth-order valence-corrected chi connectivity index (χ4v) is 5.62. The molecule has 4 aromatic rings. The number of halogens is 1. The van der Waals surface area contributed by atoms with Crippen LogP contribution in [0.4, 0.5) is 16.2 Å². The van der Waals surface area contributed by atoms with Crippen molar-refractivity contribution in [2.45, 2.75) is 51.2 Å². The number of urea groups is 1. The van der Waals surface area contributed by atoms with Crippen molar-refractivity contribution >= 4 is 29.0 Å². The zero-order chi connectivity index (χ0) is 25.1. The molecule has 186 valence electrons. The quantitative estimate of drug-likeness (QED) is 0.333. The molecule has 5 heterocycles. The van der Waals surface area contributed by atoms with E-state index < -0.39 is 0 Å². The molecule has 8 nitrogen and oxygen atoms in total. The molecule has 1 aliphatic carbocycles. The predicted octanol–water partition coefficient (Wildman–Crippen LogP) is 6.32. The van der Waals surface area contributed by atoms with Crippen LogP contribution < -0.4 is 15.0 Å². The Balaban J connectivity index is 1.24. The largest absolute Gasteiger partial charge is 0.484 e. The van der Waals surface area contributed by atoms with E-state index in [1.54, 1.807) is 17.3 Å². The first-order valence-corrected chi connectivity index (χ1v) is 13.0. The molecule has 2 N–H and O–H groups in total. The Morgan fingerprint density at radius 1 is 1.11 bits per heavy atom. The van der Waals surface area contributed by atoms with E-state index in [9.17, 15) is 4.79 Å². The second-order valence-electron chi connectivity index (χ2n) is 9.94. The highest BCUT2D eigenvalue weighted by molar-refractivity contribution is 6.34. The molecular formula is C28H25ClN6O2. The van der Waals surface area contributed by atoms with Gasteiger partial charge in [-0.15, -0.1) is 0 Å². The molecule has 1 unspecified atom stereocenters. The number of carbonyl (C=O) groups is 1. The molecule has 37 heavy (non-hydrogen) atoms. The van der Waals surface area contributed by atoms with Crippen molar-refractivity contribution in [3.05, 3.63) is 81.9 Å². The highest BCUT2D eigenvalue weighted by atomic mass is 35.5. The number of carbonyl (C=O) groups excluding carboxylic acids is 1. The number of aromatic nitrogens is 4. The van der Waals surface area contributed by atoms with Crippen LogP contribution in [0.5, 0.6) is 5.75 Å². The van der Waals surface area contributed by atoms with Gasteiger partial charge in [-0.25, -0.2) is 4.79 Å². The molecule has 2 aliphatic heterocycles. The lowest BCUT2D eigenvalue weighted by Crippen LogP contribution is -2.39. The number of H-pyrrole nitrogens is 1. The van der Waals surface area contributed by atoms with Crippen molar-refractivity contribution in [1.82, 2.24) is 20.2 Å². The van der Waals surface area contributed by atoms with Gasteiger partial charge in [-0.1, -0.05) is 17.7 Å². The Labute approximate surface area is 219 Å². The number of aryl methyl sites for hydroxylation is 2. The second kappa shape index (κ2) is 8.59. The van der Waals surface area contributed by atoms with Crippen molar-refractivity contribution in [3.8, 4) is 17.1 Å². The van der Waals surface area contributed by atoms with Crippen LogP contribution in [0.3, 0.4) is 0 Å². The van der Waals surface area contributed by atoms with Gasteiger partial charge in [0.15, 0.2) is 0 Å². The summed E-state index contributed by atoms with van der Waals surface area (Å²) in [7, 11) is 0. The van der Waals surface area contributed by atoms with E-state index >= 15 is 0 Å². The number of amides is 2. The first-order chi connectivity index (χ1) is 18.0. The van der Waals surface area contributed by atoms with Crippen LogP contribution in [0.25, 0.3) is 11.4 Å². The van der Waals surface area contributed by atoms with Gasteiger partial charge in [0.1, 0.15) is 11.9 Å². The van der Waals surface area contributed by atoms with Gasteiger partial charge in [-0.2, -0.15) is 5.10 Å². The van der Waals surface area contributed by atoms with Crippen molar-refractivity contribution in [2.24, 2.45) is 0 Å². The van der Waals surface area contributed by atoms with Gasteiger partial charge < -0.3 is 10.1 Å². The van der Waals surface area contributed by atoms with Gasteiger partial charge in [0.05, 0.1) is 45.7 Å². The summed E-state index contributed by atoms with van der Waals surface area (Å²) in [5, 5.41) is 10.6. The molecule has 1 saturated carbocycles. The average molecular weight is 513 g/mol. The van der Waals surface area contributed by atoms with E-state index in [4.69, 9.17) is 21.3 Å². The smallest absolute Gasteiger partial charge is 0.326 e. The zero-order valence-electron chi connectivity index (χ0n) is 20.3. The van der Waals surface area contributed by atoms with Crippen LogP contribution >= 0.6 is 11.6 Å². The molecular weight excluding hydrogens is 488 g/mol. The molecule has 3 aromatic heterocycles. The molecule has 9 heteroatoms. The predicted molar refractivity (Wildman–Crippen MR) is 141 cm³/mol. The van der Waals surface area contributed by atoms with Crippen LogP contribution in [-0.4, -0.2) is 26.2 Å². The van der Waals surface area contributed by atoms with Crippen LogP contribution in [0.15, 0.2) is 48.8 Å². The van der Waals surface area contributed by atoms with Crippen LogP contribution in [0.2, 0.25) is 5.02 Å². The molecule has 2 amide bonds. The summed E-state index contributed by atoms with van der Waals surface area (Å²) >= 11 is 6.76. The Kier molecular flexibility index (Phi) is 5.18. The number of benzene rings is 1. The topological polar surface area (TPSA) is 96.0 Å². The van der Waals surface area contributed by atoms with E-state index in [-0.39, 0.29) is 12.1 Å². The number of nitrogens with zero attached hydrogens (tertiary/aromatic N) is 4. The standard InChI is InChI=1S/C28H25ClN6O2/c1-15-3-2-9-30-26(15)24-7-6-17-11-19(29)23(13-25(17)37-24)35-14-18-21(33-28(35)36)12-22(20-8-10-31-34-20)32-27(18)16-4-5-16/h2-3,8-13,16,24H,4-7,14H2,1H3,(H,31,34)(H,33,36). The average Bonchev–Trinajstić information content (AvgIpc) is 3.60. The Bertz CT molecular complexity index is 1530. The summed E-state index contributed by atoms with van der Waals surface area (Å²) in [6, 6.07) is 11.4. The summed E-state index contributed by atoms with van der Waals surface area (Å²) in [5.41, 5.74) is 8.18. The molecule has 0 bridgehead atoms. The number of pyridine rings is 2. The molecule has 1 atom stereocenters. The molecule has 7 rings (SSSR count). The number of aromatic amines is 1. The highest BCUT2D eigenvalue weighted by Gasteiger charge is 2.35. The number of hydrogen-bond acceptors (Lipinski definition) is 5. The van der Waals surface area contributed by atoms with Gasteiger partial charge in [0.25, 0.3) is 0 Å². The van der Waals surface area contributed by atoms with Gasteiger partial charge in [-0.3, -0.25) is 20.0 Å². The van der Waals surface area contributed by atoms with Crippen molar-refractivity contribution < 1.29 is 9.53 Å².